The number of nitrogens with one attached hydrogen (secondary N) is 1. The number of sulfonamides is 1. The molecule has 3 N–H and O–H groups in total. The van der Waals surface area contributed by atoms with Crippen LogP contribution in [0.25, 0.3) is 0 Å². The first kappa shape index (κ1) is 14.7. The Hall–Kier alpha value is -1.41. The number of ether oxygens (including phenoxy) is 1. The van der Waals surface area contributed by atoms with Gasteiger partial charge in [0.05, 0.1) is 13.7 Å². The predicted molar refractivity (Wildman–Crippen MR) is 63.3 cm³/mol. The number of benzene rings is 1. The third-order valence-electron chi connectivity index (χ3n) is 2.27. The molecule has 102 valence electrons. The van der Waals surface area contributed by atoms with Gasteiger partial charge in [0.15, 0.2) is 0 Å². The maximum Gasteiger partial charge on any atom is 0.251 e. The topological polar surface area (TPSA) is 81.4 Å². The number of rotatable bonds is 5. The fourth-order valence-corrected chi connectivity index (χ4v) is 2.49. The fraction of sp³-hybridized carbons (Fsp3) is 0.400. The lowest BCUT2D eigenvalue weighted by Gasteiger charge is -2.12. The molecule has 8 heteroatoms. The highest BCUT2D eigenvalue weighted by Gasteiger charge is 2.21. The Bertz CT molecular complexity index is 532. The van der Waals surface area contributed by atoms with Gasteiger partial charge >= 0.3 is 0 Å². The van der Waals surface area contributed by atoms with Crippen LogP contribution in [0.1, 0.15) is 5.56 Å². The molecule has 0 aliphatic rings. The molecule has 0 amide bonds. The summed E-state index contributed by atoms with van der Waals surface area (Å²) < 4.78 is 54.3. The van der Waals surface area contributed by atoms with Crippen LogP contribution in [0.15, 0.2) is 17.0 Å². The zero-order valence-electron chi connectivity index (χ0n) is 9.91. The molecule has 0 unspecified atom stereocenters. The van der Waals surface area contributed by atoms with Crippen molar-refractivity contribution in [1.82, 2.24) is 4.72 Å². The van der Waals surface area contributed by atoms with Crippen molar-refractivity contribution in [1.29, 1.82) is 0 Å². The Morgan fingerprint density at radius 1 is 1.44 bits per heavy atom. The van der Waals surface area contributed by atoms with Crippen molar-refractivity contribution in [3.05, 3.63) is 17.7 Å². The first-order valence-electron chi connectivity index (χ1n) is 5.00. The van der Waals surface area contributed by atoms with Gasteiger partial charge in [-0.05, 0) is 24.6 Å². The Kier molecular flexibility index (Phi) is 4.47. The summed E-state index contributed by atoms with van der Waals surface area (Å²) in [7, 11) is -2.78. The molecular formula is C10H14F2N2O3S. The average Bonchev–Trinajstić information content (AvgIpc) is 2.29. The van der Waals surface area contributed by atoms with E-state index in [-0.39, 0.29) is 16.3 Å². The number of methoxy groups -OCH3 is 1. The average molecular weight is 280 g/mol. The first-order chi connectivity index (χ1) is 8.27. The summed E-state index contributed by atoms with van der Waals surface area (Å²) in [6.45, 7) is 0.722. The number of hydrogen-bond donors (Lipinski definition) is 2. The number of anilines is 1. The standard InChI is InChI=1S/C10H14F2N2O3S/c1-6-3-8(17-2)9(4-7(6)13)18(15,16)14-5-10(11)12/h3-4,10,14H,5,13H2,1-2H3. The normalized spacial score (nSPS) is 11.8. The molecule has 0 fully saturated rings. The summed E-state index contributed by atoms with van der Waals surface area (Å²) in [6, 6.07) is 2.62. The van der Waals surface area contributed by atoms with E-state index >= 15 is 0 Å². The second-order valence-corrected chi connectivity index (χ2v) is 5.34. The van der Waals surface area contributed by atoms with Gasteiger partial charge in [0.25, 0.3) is 6.43 Å². The Morgan fingerprint density at radius 3 is 2.56 bits per heavy atom. The third kappa shape index (κ3) is 3.30. The first-order valence-corrected chi connectivity index (χ1v) is 6.48. The fourth-order valence-electron chi connectivity index (χ4n) is 1.30. The van der Waals surface area contributed by atoms with E-state index in [2.05, 4.69) is 0 Å². The Balaban J connectivity index is 3.19. The van der Waals surface area contributed by atoms with Crippen molar-refractivity contribution in [2.45, 2.75) is 18.2 Å². The largest absolute Gasteiger partial charge is 0.495 e. The molecule has 0 saturated carbocycles. The van der Waals surface area contributed by atoms with Gasteiger partial charge in [-0.25, -0.2) is 21.9 Å². The quantitative estimate of drug-likeness (QED) is 0.792. The lowest BCUT2D eigenvalue weighted by atomic mass is 10.2. The smallest absolute Gasteiger partial charge is 0.251 e. The Labute approximate surface area is 104 Å². The van der Waals surface area contributed by atoms with Crippen molar-refractivity contribution < 1.29 is 21.9 Å². The molecule has 0 atom stereocenters. The van der Waals surface area contributed by atoms with Crippen molar-refractivity contribution >= 4 is 15.7 Å². The van der Waals surface area contributed by atoms with Crippen molar-refractivity contribution in [2.24, 2.45) is 0 Å². The molecule has 1 aromatic carbocycles. The minimum Gasteiger partial charge on any atom is -0.495 e. The predicted octanol–water partition coefficient (Wildman–Crippen LogP) is 1.13. The number of aryl methyl sites for hydroxylation is 1. The molecule has 18 heavy (non-hydrogen) atoms. The van der Waals surface area contributed by atoms with Gasteiger partial charge in [-0.2, -0.15) is 0 Å². The molecule has 0 spiro atoms. The van der Waals surface area contributed by atoms with E-state index in [9.17, 15) is 17.2 Å². The van der Waals surface area contributed by atoms with Crippen LogP contribution < -0.4 is 15.2 Å². The van der Waals surface area contributed by atoms with Crippen LogP contribution in [0.5, 0.6) is 5.75 Å². The van der Waals surface area contributed by atoms with E-state index in [4.69, 9.17) is 10.5 Å². The summed E-state index contributed by atoms with van der Waals surface area (Å²) in [5, 5.41) is 0. The summed E-state index contributed by atoms with van der Waals surface area (Å²) in [4.78, 5) is -0.256. The van der Waals surface area contributed by atoms with Gasteiger partial charge in [0.2, 0.25) is 10.0 Å². The molecule has 0 radical (unpaired) electrons. The lowest BCUT2D eigenvalue weighted by molar-refractivity contribution is 0.153. The Morgan fingerprint density at radius 2 is 2.06 bits per heavy atom. The van der Waals surface area contributed by atoms with Gasteiger partial charge in [0.1, 0.15) is 10.6 Å². The minimum atomic E-state index is -4.07. The number of nitrogens with two attached hydrogens (primary N) is 1. The number of hydrogen-bond acceptors (Lipinski definition) is 4. The maximum atomic E-state index is 12.0. The maximum absolute atomic E-state index is 12.0. The highest BCUT2D eigenvalue weighted by molar-refractivity contribution is 7.89. The van der Waals surface area contributed by atoms with E-state index in [1.165, 1.54) is 19.2 Å². The van der Waals surface area contributed by atoms with Gasteiger partial charge < -0.3 is 10.5 Å². The van der Waals surface area contributed by atoms with Crippen LogP contribution in [0.2, 0.25) is 0 Å². The van der Waals surface area contributed by atoms with Crippen molar-refractivity contribution in [3.63, 3.8) is 0 Å². The summed E-state index contributed by atoms with van der Waals surface area (Å²) in [6.07, 6.45) is -2.77. The SMILES string of the molecule is COc1cc(C)c(N)cc1S(=O)(=O)NCC(F)F. The number of alkyl halides is 2. The van der Waals surface area contributed by atoms with E-state index < -0.39 is 23.0 Å². The van der Waals surface area contributed by atoms with Crippen molar-refractivity contribution in [3.8, 4) is 5.75 Å². The molecule has 1 rings (SSSR count). The molecular weight excluding hydrogens is 266 g/mol. The van der Waals surface area contributed by atoms with Gasteiger partial charge in [0, 0.05) is 5.69 Å². The van der Waals surface area contributed by atoms with E-state index in [1.54, 1.807) is 11.6 Å². The summed E-state index contributed by atoms with van der Waals surface area (Å²) in [5.41, 5.74) is 6.48. The molecule has 5 nitrogen and oxygen atoms in total. The molecule has 0 saturated heterocycles. The summed E-state index contributed by atoms with van der Waals surface area (Å²) >= 11 is 0. The van der Waals surface area contributed by atoms with Gasteiger partial charge in [-0.15, -0.1) is 0 Å². The second kappa shape index (κ2) is 5.49. The van der Waals surface area contributed by atoms with E-state index in [1.807, 2.05) is 0 Å². The molecule has 0 bridgehead atoms. The number of nitrogen functional groups attached to an aromatic ring is 1. The van der Waals surface area contributed by atoms with Crippen LogP contribution in [0.3, 0.4) is 0 Å². The highest BCUT2D eigenvalue weighted by Crippen LogP contribution is 2.28. The molecule has 0 aliphatic carbocycles. The third-order valence-corrected chi connectivity index (χ3v) is 3.71. The summed E-state index contributed by atoms with van der Waals surface area (Å²) in [5.74, 6) is 0.0588. The van der Waals surface area contributed by atoms with Crippen LogP contribution in [0, 0.1) is 6.92 Å². The van der Waals surface area contributed by atoms with E-state index in [0.717, 1.165) is 0 Å². The molecule has 0 aliphatic heterocycles. The van der Waals surface area contributed by atoms with Crippen LogP contribution in [-0.4, -0.2) is 28.5 Å². The van der Waals surface area contributed by atoms with Gasteiger partial charge in [-0.3, -0.25) is 0 Å². The molecule has 0 heterocycles. The van der Waals surface area contributed by atoms with Gasteiger partial charge in [-0.1, -0.05) is 0 Å². The monoisotopic (exact) mass is 280 g/mol. The van der Waals surface area contributed by atoms with E-state index in [0.29, 0.717) is 5.56 Å². The molecule has 0 aromatic heterocycles. The second-order valence-electron chi connectivity index (χ2n) is 3.60. The highest BCUT2D eigenvalue weighted by atomic mass is 32.2. The van der Waals surface area contributed by atoms with Crippen LogP contribution >= 0.6 is 0 Å². The van der Waals surface area contributed by atoms with Crippen LogP contribution in [-0.2, 0) is 10.0 Å². The zero-order chi connectivity index (χ0) is 13.9. The number of halogens is 2. The zero-order valence-corrected chi connectivity index (χ0v) is 10.7. The van der Waals surface area contributed by atoms with Crippen LogP contribution in [0.4, 0.5) is 14.5 Å². The molecule has 1 aromatic rings. The van der Waals surface area contributed by atoms with Crippen molar-refractivity contribution in [2.75, 3.05) is 19.4 Å². The minimum absolute atomic E-state index is 0.0588. The lowest BCUT2D eigenvalue weighted by Crippen LogP contribution is -2.29.